The van der Waals surface area contributed by atoms with Crippen molar-refractivity contribution in [3.05, 3.63) is 35.1 Å². The fourth-order valence-electron chi connectivity index (χ4n) is 2.40. The van der Waals surface area contributed by atoms with E-state index in [4.69, 9.17) is 4.74 Å². The Hall–Kier alpha value is -1.17. The van der Waals surface area contributed by atoms with Gasteiger partial charge in [-0.05, 0) is 43.5 Å². The highest BCUT2D eigenvalue weighted by Gasteiger charge is 2.27. The fourth-order valence-corrected chi connectivity index (χ4v) is 2.40. The number of nitrogens with one attached hydrogen (secondary N) is 2. The summed E-state index contributed by atoms with van der Waals surface area (Å²) in [6.07, 6.45) is 0.580. The van der Waals surface area contributed by atoms with Gasteiger partial charge in [0, 0.05) is 13.1 Å². The zero-order chi connectivity index (χ0) is 14.5. The first-order valence-electron chi connectivity index (χ1n) is 6.95. The minimum atomic E-state index is -0.293. The van der Waals surface area contributed by atoms with Crippen molar-refractivity contribution in [2.24, 2.45) is 0 Å². The van der Waals surface area contributed by atoms with Crippen LogP contribution in [0.2, 0.25) is 0 Å². The molecule has 0 aliphatic carbocycles. The number of amides is 1. The summed E-state index contributed by atoms with van der Waals surface area (Å²) < 4.78 is 18.4. The maximum atomic E-state index is 13.0. The first-order valence-corrected chi connectivity index (χ1v) is 6.95. The third kappa shape index (κ3) is 4.95. The Morgan fingerprint density at radius 1 is 1.52 bits per heavy atom. The average molecular weight is 317 g/mol. The molecule has 0 bridgehead atoms. The van der Waals surface area contributed by atoms with Crippen molar-refractivity contribution in [1.82, 2.24) is 10.6 Å². The smallest absolute Gasteiger partial charge is 0.239 e. The van der Waals surface area contributed by atoms with Crippen LogP contribution in [0.3, 0.4) is 0 Å². The van der Waals surface area contributed by atoms with E-state index in [0.717, 1.165) is 11.1 Å². The quantitative estimate of drug-likeness (QED) is 0.887. The van der Waals surface area contributed by atoms with Gasteiger partial charge in [-0.1, -0.05) is 6.07 Å². The lowest BCUT2D eigenvalue weighted by Gasteiger charge is -2.29. The van der Waals surface area contributed by atoms with E-state index in [-0.39, 0.29) is 36.3 Å². The lowest BCUT2D eigenvalue weighted by molar-refractivity contribution is -0.128. The Labute approximate surface area is 130 Å². The molecule has 0 spiro atoms. The van der Waals surface area contributed by atoms with Gasteiger partial charge in [-0.25, -0.2) is 4.39 Å². The SMILES string of the molecule is Cc1cc(F)ccc1CCNC(=O)[C@H]1NCCO[C@@H]1C.Cl. The first-order chi connectivity index (χ1) is 9.58. The van der Waals surface area contributed by atoms with Crippen LogP contribution in [0.15, 0.2) is 18.2 Å². The van der Waals surface area contributed by atoms with Crippen molar-refractivity contribution in [3.63, 3.8) is 0 Å². The molecule has 2 atom stereocenters. The summed E-state index contributed by atoms with van der Waals surface area (Å²) in [5.74, 6) is -0.273. The van der Waals surface area contributed by atoms with Gasteiger partial charge in [0.2, 0.25) is 5.91 Å². The lowest BCUT2D eigenvalue weighted by Crippen LogP contribution is -2.55. The molecule has 1 heterocycles. The number of carbonyl (C=O) groups excluding carboxylic acids is 1. The summed E-state index contributed by atoms with van der Waals surface area (Å²) in [6, 6.07) is 4.43. The zero-order valence-electron chi connectivity index (χ0n) is 12.3. The molecule has 4 nitrogen and oxygen atoms in total. The molecule has 1 saturated heterocycles. The van der Waals surface area contributed by atoms with Crippen molar-refractivity contribution in [3.8, 4) is 0 Å². The Kier molecular flexibility index (Phi) is 7.08. The number of hydrogen-bond acceptors (Lipinski definition) is 3. The van der Waals surface area contributed by atoms with E-state index in [0.29, 0.717) is 26.1 Å². The standard InChI is InChI=1S/C15H21FN2O2.ClH/c1-10-9-13(16)4-3-12(10)5-6-18-15(19)14-11(2)20-8-7-17-14;/h3-4,9,11,14,17H,5-8H2,1-2H3,(H,18,19);1H/t11-,14+;/m1./s1. The van der Waals surface area contributed by atoms with Crippen LogP contribution >= 0.6 is 12.4 Å². The number of halogens is 2. The largest absolute Gasteiger partial charge is 0.375 e. The Balaban J connectivity index is 0.00000220. The molecule has 21 heavy (non-hydrogen) atoms. The van der Waals surface area contributed by atoms with Gasteiger partial charge >= 0.3 is 0 Å². The predicted molar refractivity (Wildman–Crippen MR) is 82.3 cm³/mol. The van der Waals surface area contributed by atoms with E-state index >= 15 is 0 Å². The van der Waals surface area contributed by atoms with E-state index < -0.39 is 0 Å². The molecule has 0 saturated carbocycles. The Morgan fingerprint density at radius 2 is 2.29 bits per heavy atom. The Bertz CT molecular complexity index is 485. The lowest BCUT2D eigenvalue weighted by atomic mass is 10.1. The van der Waals surface area contributed by atoms with Crippen LogP contribution in [0.1, 0.15) is 18.1 Å². The van der Waals surface area contributed by atoms with Crippen molar-refractivity contribution in [2.75, 3.05) is 19.7 Å². The number of rotatable bonds is 4. The van der Waals surface area contributed by atoms with E-state index in [1.54, 1.807) is 6.07 Å². The molecular formula is C15H22ClFN2O2. The number of benzene rings is 1. The maximum Gasteiger partial charge on any atom is 0.239 e. The number of aryl methyl sites for hydroxylation is 1. The molecule has 0 aromatic heterocycles. The molecule has 1 aromatic carbocycles. The summed E-state index contributed by atoms with van der Waals surface area (Å²) in [4.78, 5) is 12.0. The molecule has 0 radical (unpaired) electrons. The molecular weight excluding hydrogens is 295 g/mol. The third-order valence-electron chi connectivity index (χ3n) is 3.60. The van der Waals surface area contributed by atoms with Crippen LogP contribution in [-0.4, -0.2) is 37.7 Å². The van der Waals surface area contributed by atoms with Crippen LogP contribution in [-0.2, 0) is 16.0 Å². The van der Waals surface area contributed by atoms with Crippen LogP contribution in [0, 0.1) is 12.7 Å². The topological polar surface area (TPSA) is 50.4 Å². The zero-order valence-corrected chi connectivity index (χ0v) is 13.1. The summed E-state index contributed by atoms with van der Waals surface area (Å²) in [5.41, 5.74) is 1.96. The van der Waals surface area contributed by atoms with Gasteiger partial charge in [-0.2, -0.15) is 0 Å². The summed E-state index contributed by atoms with van der Waals surface area (Å²) in [5, 5.41) is 6.05. The molecule has 1 aliphatic heterocycles. The van der Waals surface area contributed by atoms with Crippen molar-refractivity contribution in [1.29, 1.82) is 0 Å². The molecule has 1 fully saturated rings. The highest BCUT2D eigenvalue weighted by molar-refractivity contribution is 5.85. The summed E-state index contributed by atoms with van der Waals surface area (Å²) >= 11 is 0. The van der Waals surface area contributed by atoms with Gasteiger partial charge < -0.3 is 15.4 Å². The van der Waals surface area contributed by atoms with Crippen molar-refractivity contribution in [2.45, 2.75) is 32.4 Å². The van der Waals surface area contributed by atoms with Crippen LogP contribution in [0.4, 0.5) is 4.39 Å². The molecule has 6 heteroatoms. The number of morpholine rings is 1. The number of ether oxygens (including phenoxy) is 1. The number of hydrogen-bond donors (Lipinski definition) is 2. The van der Waals surface area contributed by atoms with Crippen LogP contribution in [0.25, 0.3) is 0 Å². The second kappa shape index (κ2) is 8.32. The molecule has 2 N–H and O–H groups in total. The third-order valence-corrected chi connectivity index (χ3v) is 3.60. The highest BCUT2D eigenvalue weighted by atomic mass is 35.5. The Morgan fingerprint density at radius 3 is 2.95 bits per heavy atom. The summed E-state index contributed by atoms with van der Waals surface area (Å²) in [6.45, 7) is 5.63. The minimum Gasteiger partial charge on any atom is -0.375 e. The van der Waals surface area contributed by atoms with Gasteiger partial charge in [0.15, 0.2) is 0 Å². The van der Waals surface area contributed by atoms with Gasteiger partial charge in [0.1, 0.15) is 11.9 Å². The van der Waals surface area contributed by atoms with Gasteiger partial charge in [0.25, 0.3) is 0 Å². The average Bonchev–Trinajstić information content (AvgIpc) is 2.41. The monoisotopic (exact) mass is 316 g/mol. The number of carbonyl (C=O) groups is 1. The molecule has 118 valence electrons. The molecule has 1 amide bonds. The van der Waals surface area contributed by atoms with Gasteiger partial charge in [-0.15, -0.1) is 12.4 Å². The minimum absolute atomic E-state index is 0. The van der Waals surface area contributed by atoms with Gasteiger partial charge in [0.05, 0.1) is 12.7 Å². The van der Waals surface area contributed by atoms with E-state index in [1.807, 2.05) is 13.8 Å². The maximum absolute atomic E-state index is 13.0. The predicted octanol–water partition coefficient (Wildman–Crippen LogP) is 1.59. The van der Waals surface area contributed by atoms with Gasteiger partial charge in [-0.3, -0.25) is 4.79 Å². The molecule has 2 rings (SSSR count). The van der Waals surface area contributed by atoms with Crippen LogP contribution in [0.5, 0.6) is 0 Å². The second-order valence-corrected chi connectivity index (χ2v) is 5.12. The molecule has 1 aromatic rings. The van der Waals surface area contributed by atoms with E-state index in [2.05, 4.69) is 10.6 Å². The van der Waals surface area contributed by atoms with E-state index in [1.165, 1.54) is 12.1 Å². The second-order valence-electron chi connectivity index (χ2n) is 5.12. The fraction of sp³-hybridized carbons (Fsp3) is 0.533. The summed E-state index contributed by atoms with van der Waals surface area (Å²) in [7, 11) is 0. The highest BCUT2D eigenvalue weighted by Crippen LogP contribution is 2.10. The molecule has 1 aliphatic rings. The van der Waals surface area contributed by atoms with Crippen molar-refractivity contribution < 1.29 is 13.9 Å². The van der Waals surface area contributed by atoms with Crippen molar-refractivity contribution >= 4 is 18.3 Å². The normalized spacial score (nSPS) is 21.5. The molecule has 0 unspecified atom stereocenters. The van der Waals surface area contributed by atoms with Crippen LogP contribution < -0.4 is 10.6 Å². The first kappa shape index (κ1) is 17.9. The van der Waals surface area contributed by atoms with E-state index in [9.17, 15) is 9.18 Å².